The van der Waals surface area contributed by atoms with Gasteiger partial charge < -0.3 is 25.2 Å². The molecule has 0 aromatic heterocycles. The Morgan fingerprint density at radius 1 is 1.18 bits per heavy atom. The van der Waals surface area contributed by atoms with Crippen LogP contribution < -0.4 is 10.6 Å². The molecule has 0 unspecified atom stereocenters. The van der Waals surface area contributed by atoms with Crippen LogP contribution in [0, 0.1) is 0 Å². The molecule has 0 aliphatic rings. The van der Waals surface area contributed by atoms with E-state index in [1.54, 1.807) is 20.8 Å². The van der Waals surface area contributed by atoms with Crippen LogP contribution in [0.5, 0.6) is 0 Å². The molecule has 0 radical (unpaired) electrons. The molecule has 0 aromatic carbocycles. The number of rotatable bonds is 6. The highest BCUT2D eigenvalue weighted by atomic mass is 16.6. The molecule has 0 heterocycles. The maximum Gasteiger partial charge on any atom is 0.408 e. The molecule has 0 saturated heterocycles. The Balaban J connectivity index is 4.91. The molecule has 0 aliphatic carbocycles. The molecule has 0 saturated carbocycles. The van der Waals surface area contributed by atoms with Gasteiger partial charge in [0.15, 0.2) is 6.04 Å². The molecule has 8 heteroatoms. The zero-order valence-electron chi connectivity index (χ0n) is 13.6. The van der Waals surface area contributed by atoms with Crippen LogP contribution in [0.15, 0.2) is 12.7 Å². The lowest BCUT2D eigenvalue weighted by Crippen LogP contribution is -2.62. The summed E-state index contributed by atoms with van der Waals surface area (Å²) in [6.45, 7) is 11.2. The van der Waals surface area contributed by atoms with Crippen LogP contribution in [0.1, 0.15) is 34.6 Å². The predicted octanol–water partition coefficient (Wildman–Crippen LogP) is 1.66. The number of hydrogen-bond donors (Lipinski definition) is 3. The van der Waals surface area contributed by atoms with Gasteiger partial charge in [-0.1, -0.05) is 12.7 Å². The van der Waals surface area contributed by atoms with E-state index in [2.05, 4.69) is 17.2 Å². The molecule has 0 aromatic rings. The largest absolute Gasteiger partial charge is 0.480 e. The van der Waals surface area contributed by atoms with Crippen molar-refractivity contribution >= 4 is 18.2 Å². The predicted molar refractivity (Wildman–Crippen MR) is 79.6 cm³/mol. The average Bonchev–Trinajstić information content (AvgIpc) is 2.30. The molecular weight excluding hydrogens is 292 g/mol. The highest BCUT2D eigenvalue weighted by Crippen LogP contribution is 2.13. The maximum atomic E-state index is 11.7. The van der Waals surface area contributed by atoms with Crippen LogP contribution in [-0.4, -0.2) is 47.1 Å². The summed E-state index contributed by atoms with van der Waals surface area (Å²) >= 11 is 0. The third-order valence-electron chi connectivity index (χ3n) is 2.39. The van der Waals surface area contributed by atoms with Crippen molar-refractivity contribution in [2.24, 2.45) is 0 Å². The van der Waals surface area contributed by atoms with Gasteiger partial charge in [0.25, 0.3) is 0 Å². The van der Waals surface area contributed by atoms with Crippen LogP contribution >= 0.6 is 0 Å². The van der Waals surface area contributed by atoms with Gasteiger partial charge in [-0.25, -0.2) is 14.4 Å². The summed E-state index contributed by atoms with van der Waals surface area (Å²) in [7, 11) is 0. The number of aliphatic carboxylic acids is 1. The highest BCUT2D eigenvalue weighted by molar-refractivity contribution is 5.82. The fraction of sp³-hybridized carbons (Fsp3) is 0.643. The molecule has 126 valence electrons. The first-order valence-electron chi connectivity index (χ1n) is 6.67. The highest BCUT2D eigenvalue weighted by Gasteiger charge is 2.39. The summed E-state index contributed by atoms with van der Waals surface area (Å²) in [6.07, 6.45) is -0.336. The van der Waals surface area contributed by atoms with E-state index < -0.39 is 35.3 Å². The zero-order chi connectivity index (χ0) is 17.6. The first-order chi connectivity index (χ1) is 9.89. The molecule has 0 spiro atoms. The lowest BCUT2D eigenvalue weighted by Gasteiger charge is -2.33. The molecule has 22 heavy (non-hydrogen) atoms. The van der Waals surface area contributed by atoms with E-state index in [4.69, 9.17) is 9.47 Å². The molecule has 0 aliphatic heterocycles. The zero-order valence-corrected chi connectivity index (χ0v) is 13.6. The molecular formula is C14H24N2O6. The van der Waals surface area contributed by atoms with Crippen molar-refractivity contribution in [2.75, 3.05) is 6.61 Å². The second-order valence-electron chi connectivity index (χ2n) is 6.15. The van der Waals surface area contributed by atoms with Crippen molar-refractivity contribution in [3.8, 4) is 0 Å². The summed E-state index contributed by atoms with van der Waals surface area (Å²) in [5, 5.41) is 13.9. The molecule has 3 N–H and O–H groups in total. The van der Waals surface area contributed by atoms with Gasteiger partial charge in [-0.15, -0.1) is 0 Å². The second-order valence-corrected chi connectivity index (χ2v) is 6.15. The standard InChI is InChI=1S/C14H24N2O6/c1-7-8-21-12(20)16-14(5,6)9(10(17)18)15-11(19)22-13(2,3)4/h7,9H,1,8H2,2-6H3,(H,15,19)(H,16,20)(H,17,18)/t9-/m1/s1. The monoisotopic (exact) mass is 316 g/mol. The van der Waals surface area contributed by atoms with Crippen molar-refractivity contribution in [3.63, 3.8) is 0 Å². The molecule has 0 bridgehead atoms. The summed E-state index contributed by atoms with van der Waals surface area (Å²) in [4.78, 5) is 34.6. The maximum absolute atomic E-state index is 11.7. The van der Waals surface area contributed by atoms with Gasteiger partial charge in [0.2, 0.25) is 0 Å². The minimum atomic E-state index is -1.40. The van der Waals surface area contributed by atoms with Gasteiger partial charge in [-0.2, -0.15) is 0 Å². The van der Waals surface area contributed by atoms with E-state index in [0.29, 0.717) is 0 Å². The Labute approximate surface area is 129 Å². The van der Waals surface area contributed by atoms with Gasteiger partial charge in [0, 0.05) is 0 Å². The average molecular weight is 316 g/mol. The van der Waals surface area contributed by atoms with Gasteiger partial charge in [-0.3, -0.25) is 0 Å². The van der Waals surface area contributed by atoms with Gasteiger partial charge in [-0.05, 0) is 34.6 Å². The molecule has 0 rings (SSSR count). The second kappa shape index (κ2) is 7.67. The molecule has 0 fully saturated rings. The first kappa shape index (κ1) is 19.8. The normalized spacial score (nSPS) is 12.8. The Hall–Kier alpha value is -2.25. The third kappa shape index (κ3) is 7.51. The van der Waals surface area contributed by atoms with E-state index in [-0.39, 0.29) is 6.61 Å². The van der Waals surface area contributed by atoms with Gasteiger partial charge >= 0.3 is 18.2 Å². The van der Waals surface area contributed by atoms with Crippen LogP contribution in [0.4, 0.5) is 9.59 Å². The van der Waals surface area contributed by atoms with Crippen LogP contribution in [0.3, 0.4) is 0 Å². The fourth-order valence-corrected chi connectivity index (χ4v) is 1.48. The Morgan fingerprint density at radius 2 is 1.73 bits per heavy atom. The number of amides is 2. The number of carboxylic acid groups (broad SMARTS) is 1. The number of carboxylic acids is 1. The number of nitrogens with one attached hydrogen (secondary N) is 2. The molecule has 1 atom stereocenters. The van der Waals surface area contributed by atoms with Crippen molar-refractivity contribution in [1.82, 2.24) is 10.6 Å². The number of carbonyl (C=O) groups is 3. The summed E-state index contributed by atoms with van der Waals surface area (Å²) in [5.41, 5.74) is -2.07. The summed E-state index contributed by atoms with van der Waals surface area (Å²) in [6, 6.07) is -1.40. The lowest BCUT2D eigenvalue weighted by atomic mass is 9.95. The van der Waals surface area contributed by atoms with E-state index in [9.17, 15) is 19.5 Å². The van der Waals surface area contributed by atoms with E-state index in [1.807, 2.05) is 0 Å². The summed E-state index contributed by atoms with van der Waals surface area (Å²) < 4.78 is 9.75. The van der Waals surface area contributed by atoms with Gasteiger partial charge in [0.1, 0.15) is 12.2 Å². The fourth-order valence-electron chi connectivity index (χ4n) is 1.48. The first-order valence-corrected chi connectivity index (χ1v) is 6.67. The topological polar surface area (TPSA) is 114 Å². The Kier molecular flexibility index (Phi) is 6.89. The van der Waals surface area contributed by atoms with Gasteiger partial charge in [0.05, 0.1) is 5.54 Å². The third-order valence-corrected chi connectivity index (χ3v) is 2.39. The Morgan fingerprint density at radius 3 is 2.14 bits per heavy atom. The van der Waals surface area contributed by atoms with E-state index in [0.717, 1.165) is 0 Å². The molecule has 8 nitrogen and oxygen atoms in total. The smallest absolute Gasteiger partial charge is 0.408 e. The van der Waals surface area contributed by atoms with E-state index >= 15 is 0 Å². The van der Waals surface area contributed by atoms with Crippen molar-refractivity contribution in [2.45, 2.75) is 51.8 Å². The number of hydrogen-bond acceptors (Lipinski definition) is 5. The SMILES string of the molecule is C=CCOC(=O)NC(C)(C)[C@H](NC(=O)OC(C)(C)C)C(=O)O. The van der Waals surface area contributed by atoms with Crippen LogP contribution in [-0.2, 0) is 14.3 Å². The van der Waals surface area contributed by atoms with Crippen LogP contribution in [0.2, 0.25) is 0 Å². The number of carbonyl (C=O) groups excluding carboxylic acids is 2. The van der Waals surface area contributed by atoms with Crippen molar-refractivity contribution in [1.29, 1.82) is 0 Å². The minimum absolute atomic E-state index is 0.0147. The Bertz CT molecular complexity index is 439. The molecule has 2 amide bonds. The van der Waals surface area contributed by atoms with Crippen LogP contribution in [0.25, 0.3) is 0 Å². The number of ether oxygens (including phenoxy) is 2. The summed E-state index contributed by atoms with van der Waals surface area (Å²) in [5.74, 6) is -1.32. The van der Waals surface area contributed by atoms with Crippen molar-refractivity contribution < 1.29 is 29.0 Å². The lowest BCUT2D eigenvalue weighted by molar-refractivity contribution is -0.141. The van der Waals surface area contributed by atoms with Crippen molar-refractivity contribution in [3.05, 3.63) is 12.7 Å². The van der Waals surface area contributed by atoms with E-state index in [1.165, 1.54) is 19.9 Å². The minimum Gasteiger partial charge on any atom is -0.480 e. The number of alkyl carbamates (subject to hydrolysis) is 2. The quantitative estimate of drug-likeness (QED) is 0.642.